The Kier molecular flexibility index (Phi) is 9.19. The number of nitrogens with two attached hydrogens (primary N) is 1. The summed E-state index contributed by atoms with van der Waals surface area (Å²) >= 11 is 0. The minimum atomic E-state index is -0.343. The molecule has 1 aromatic carbocycles. The van der Waals surface area contributed by atoms with Gasteiger partial charge < -0.3 is 21.1 Å². The maximum atomic E-state index is 11.6. The van der Waals surface area contributed by atoms with E-state index in [9.17, 15) is 9.59 Å². The number of carbonyl (C=O) groups is 2. The Morgan fingerprint density at radius 3 is 2.33 bits per heavy atom. The fraction of sp³-hybridized carbons (Fsp3) is 0.529. The van der Waals surface area contributed by atoms with E-state index >= 15 is 0 Å². The molecule has 24 heavy (non-hydrogen) atoms. The van der Waals surface area contributed by atoms with Gasteiger partial charge in [0.1, 0.15) is 5.75 Å². The van der Waals surface area contributed by atoms with Crippen molar-refractivity contribution in [2.24, 2.45) is 5.73 Å². The molecule has 0 unspecified atom stereocenters. The van der Waals surface area contributed by atoms with Crippen molar-refractivity contribution >= 4 is 24.2 Å². The minimum Gasteiger partial charge on any atom is -0.490 e. The first-order valence-corrected chi connectivity index (χ1v) is 8.16. The molecular formula is C17H26ClN3O3. The number of nitrogens with one attached hydrogen (secondary N) is 2. The first kappa shape index (κ1) is 20.3. The maximum absolute atomic E-state index is 11.6. The van der Waals surface area contributed by atoms with Crippen molar-refractivity contribution in [2.75, 3.05) is 13.1 Å². The summed E-state index contributed by atoms with van der Waals surface area (Å²) in [5.74, 6) is 0.292. The number of hydrogen-bond acceptors (Lipinski definition) is 4. The first-order valence-electron chi connectivity index (χ1n) is 8.16. The molecule has 2 rings (SSSR count). The average molecular weight is 356 g/mol. The van der Waals surface area contributed by atoms with Crippen molar-refractivity contribution in [3.63, 3.8) is 0 Å². The van der Waals surface area contributed by atoms with E-state index in [0.29, 0.717) is 12.6 Å². The van der Waals surface area contributed by atoms with Crippen LogP contribution < -0.4 is 21.1 Å². The Labute approximate surface area is 148 Å². The molecule has 134 valence electrons. The standard InChI is InChI=1S/C17H25N3O3.ClH/c18-10-16(21)20-12-17(22)19-11-13-6-8-15(9-7-13)23-14-4-2-1-3-5-14;/h6-9,14H,1-5,10-12,18H2,(H,19,22)(H,20,21);1H. The Hall–Kier alpha value is -1.79. The lowest BCUT2D eigenvalue weighted by molar-refractivity contribution is -0.125. The van der Waals surface area contributed by atoms with Gasteiger partial charge in [0.2, 0.25) is 11.8 Å². The highest BCUT2D eigenvalue weighted by Crippen LogP contribution is 2.23. The number of hydrogen-bond donors (Lipinski definition) is 3. The van der Waals surface area contributed by atoms with E-state index in [1.54, 1.807) is 0 Å². The first-order chi connectivity index (χ1) is 11.2. The van der Waals surface area contributed by atoms with Gasteiger partial charge in [0.15, 0.2) is 0 Å². The normalized spacial score (nSPS) is 14.4. The molecule has 0 heterocycles. The van der Waals surface area contributed by atoms with E-state index in [-0.39, 0.29) is 37.3 Å². The molecule has 0 radical (unpaired) electrons. The molecule has 0 spiro atoms. The van der Waals surface area contributed by atoms with Gasteiger partial charge in [-0.1, -0.05) is 18.6 Å². The van der Waals surface area contributed by atoms with Gasteiger partial charge in [-0.2, -0.15) is 0 Å². The van der Waals surface area contributed by atoms with Gasteiger partial charge in [0, 0.05) is 6.54 Å². The fourth-order valence-corrected chi connectivity index (χ4v) is 2.58. The van der Waals surface area contributed by atoms with E-state index in [1.165, 1.54) is 19.3 Å². The number of rotatable bonds is 7. The third kappa shape index (κ3) is 7.19. The Morgan fingerprint density at radius 2 is 1.71 bits per heavy atom. The molecule has 0 aliphatic heterocycles. The van der Waals surface area contributed by atoms with Gasteiger partial charge in [0.05, 0.1) is 19.2 Å². The van der Waals surface area contributed by atoms with E-state index < -0.39 is 0 Å². The predicted molar refractivity (Wildman–Crippen MR) is 95.1 cm³/mol. The van der Waals surface area contributed by atoms with Crippen LogP contribution in [0.25, 0.3) is 0 Å². The predicted octanol–water partition coefficient (Wildman–Crippen LogP) is 1.51. The quantitative estimate of drug-likeness (QED) is 0.691. The van der Waals surface area contributed by atoms with Crippen molar-refractivity contribution in [2.45, 2.75) is 44.8 Å². The van der Waals surface area contributed by atoms with Crippen LogP contribution in [0.4, 0.5) is 0 Å². The lowest BCUT2D eigenvalue weighted by Crippen LogP contribution is -2.39. The second-order valence-electron chi connectivity index (χ2n) is 5.78. The minimum absolute atomic E-state index is 0. The van der Waals surface area contributed by atoms with Crippen LogP contribution in [0.15, 0.2) is 24.3 Å². The highest BCUT2D eigenvalue weighted by atomic mass is 35.5. The number of halogens is 1. The summed E-state index contributed by atoms with van der Waals surface area (Å²) in [6.45, 7) is 0.246. The third-order valence-electron chi connectivity index (χ3n) is 3.90. The van der Waals surface area contributed by atoms with Crippen LogP contribution in [0.1, 0.15) is 37.7 Å². The molecule has 1 aromatic rings. The van der Waals surface area contributed by atoms with E-state index in [2.05, 4.69) is 10.6 Å². The largest absolute Gasteiger partial charge is 0.490 e. The second-order valence-corrected chi connectivity index (χ2v) is 5.78. The van der Waals surface area contributed by atoms with E-state index in [4.69, 9.17) is 10.5 Å². The number of ether oxygens (including phenoxy) is 1. The lowest BCUT2D eigenvalue weighted by atomic mass is 9.98. The lowest BCUT2D eigenvalue weighted by Gasteiger charge is -2.23. The molecule has 0 bridgehead atoms. The molecule has 6 nitrogen and oxygen atoms in total. The summed E-state index contributed by atoms with van der Waals surface area (Å²) in [7, 11) is 0. The summed E-state index contributed by atoms with van der Waals surface area (Å²) in [5, 5.41) is 5.17. The summed E-state index contributed by atoms with van der Waals surface area (Å²) in [6, 6.07) is 7.76. The van der Waals surface area contributed by atoms with Crippen molar-refractivity contribution in [3.8, 4) is 5.75 Å². The van der Waals surface area contributed by atoms with Crippen LogP contribution in [0.3, 0.4) is 0 Å². The van der Waals surface area contributed by atoms with Crippen LogP contribution in [0.2, 0.25) is 0 Å². The van der Waals surface area contributed by atoms with Crippen LogP contribution in [0, 0.1) is 0 Å². The second kappa shape index (κ2) is 10.9. The van der Waals surface area contributed by atoms with Crippen LogP contribution in [0.5, 0.6) is 5.75 Å². The van der Waals surface area contributed by atoms with Crippen LogP contribution in [-0.2, 0) is 16.1 Å². The van der Waals surface area contributed by atoms with Gasteiger partial charge >= 0.3 is 0 Å². The highest BCUT2D eigenvalue weighted by Gasteiger charge is 2.14. The summed E-state index contributed by atoms with van der Waals surface area (Å²) < 4.78 is 5.97. The SMILES string of the molecule is Cl.NCC(=O)NCC(=O)NCc1ccc(OC2CCCCC2)cc1. The molecular weight excluding hydrogens is 330 g/mol. The zero-order valence-electron chi connectivity index (χ0n) is 13.8. The van der Waals surface area contributed by atoms with E-state index in [1.807, 2.05) is 24.3 Å². The molecule has 0 atom stereocenters. The molecule has 1 aliphatic carbocycles. The van der Waals surface area contributed by atoms with E-state index in [0.717, 1.165) is 24.2 Å². The number of benzene rings is 1. The van der Waals surface area contributed by atoms with Gasteiger partial charge in [-0.15, -0.1) is 12.4 Å². The molecule has 4 N–H and O–H groups in total. The Balaban J connectivity index is 0.00000288. The van der Waals surface area contributed by atoms with Gasteiger partial charge in [-0.05, 0) is 43.4 Å². The molecule has 0 saturated heterocycles. The van der Waals surface area contributed by atoms with Crippen LogP contribution >= 0.6 is 12.4 Å². The van der Waals surface area contributed by atoms with Gasteiger partial charge in [-0.25, -0.2) is 0 Å². The van der Waals surface area contributed by atoms with Crippen molar-refractivity contribution in [3.05, 3.63) is 29.8 Å². The molecule has 1 saturated carbocycles. The fourth-order valence-electron chi connectivity index (χ4n) is 2.58. The monoisotopic (exact) mass is 355 g/mol. The zero-order valence-corrected chi connectivity index (χ0v) is 14.6. The Morgan fingerprint density at radius 1 is 1.04 bits per heavy atom. The molecule has 1 fully saturated rings. The van der Waals surface area contributed by atoms with Gasteiger partial charge in [0.25, 0.3) is 0 Å². The zero-order chi connectivity index (χ0) is 16.5. The summed E-state index contributed by atoms with van der Waals surface area (Å²) in [4.78, 5) is 22.5. The van der Waals surface area contributed by atoms with Crippen molar-refractivity contribution in [1.29, 1.82) is 0 Å². The average Bonchev–Trinajstić information content (AvgIpc) is 2.60. The van der Waals surface area contributed by atoms with Gasteiger partial charge in [-0.3, -0.25) is 9.59 Å². The molecule has 0 aromatic heterocycles. The maximum Gasteiger partial charge on any atom is 0.239 e. The molecule has 2 amide bonds. The summed E-state index contributed by atoms with van der Waals surface area (Å²) in [5.41, 5.74) is 6.13. The van der Waals surface area contributed by atoms with Crippen LogP contribution in [-0.4, -0.2) is 31.0 Å². The van der Waals surface area contributed by atoms with Crippen molar-refractivity contribution < 1.29 is 14.3 Å². The highest BCUT2D eigenvalue weighted by molar-refractivity contribution is 5.85. The number of carbonyl (C=O) groups excluding carboxylic acids is 2. The molecule has 7 heteroatoms. The third-order valence-corrected chi connectivity index (χ3v) is 3.90. The smallest absolute Gasteiger partial charge is 0.239 e. The Bertz CT molecular complexity index is 516. The summed E-state index contributed by atoms with van der Waals surface area (Å²) in [6.07, 6.45) is 6.40. The number of amides is 2. The molecule has 1 aliphatic rings. The topological polar surface area (TPSA) is 93.5 Å². The van der Waals surface area contributed by atoms with Crippen molar-refractivity contribution in [1.82, 2.24) is 10.6 Å².